The van der Waals surface area contributed by atoms with Crippen molar-refractivity contribution in [3.63, 3.8) is 0 Å². The Labute approximate surface area is 64.0 Å². The first kappa shape index (κ1) is 7.06. The largest absolute Gasteiger partial charge is 0.479 e. The van der Waals surface area contributed by atoms with Crippen molar-refractivity contribution in [3.05, 3.63) is 0 Å². The summed E-state index contributed by atoms with van der Waals surface area (Å²) in [6.07, 6.45) is 3.17. The fraction of sp³-hybridized carbons (Fsp3) is 0.857. The van der Waals surface area contributed by atoms with E-state index >= 15 is 0 Å². The van der Waals surface area contributed by atoms with Gasteiger partial charge in [0.25, 0.3) is 0 Å². The summed E-state index contributed by atoms with van der Waals surface area (Å²) in [6, 6.07) is 0. The third-order valence-corrected chi connectivity index (χ3v) is 2.46. The van der Waals surface area contributed by atoms with Crippen LogP contribution < -0.4 is 0 Å². The first-order valence-electron chi connectivity index (χ1n) is 3.83. The molecule has 4 nitrogen and oxygen atoms in total. The molecule has 2 aliphatic rings. The predicted octanol–water partition coefficient (Wildman–Crippen LogP) is 0.714. The van der Waals surface area contributed by atoms with Crippen LogP contribution in [0.1, 0.15) is 25.7 Å². The van der Waals surface area contributed by atoms with Gasteiger partial charge in [-0.25, -0.2) is 14.6 Å². The van der Waals surface area contributed by atoms with Gasteiger partial charge in [-0.05, 0) is 19.3 Å². The summed E-state index contributed by atoms with van der Waals surface area (Å²) in [5.41, 5.74) is -0.988. The van der Waals surface area contributed by atoms with Gasteiger partial charge in [0.15, 0.2) is 0 Å². The lowest BCUT2D eigenvalue weighted by Crippen LogP contribution is -2.62. The Balaban J connectivity index is 2.15. The molecule has 2 rings (SSSR count). The fourth-order valence-corrected chi connectivity index (χ4v) is 1.71. The Morgan fingerprint density at radius 1 is 1.55 bits per heavy atom. The Bertz CT molecular complexity index is 191. The van der Waals surface area contributed by atoms with Crippen molar-refractivity contribution in [2.75, 3.05) is 0 Å². The van der Waals surface area contributed by atoms with Crippen LogP contribution in [0.2, 0.25) is 0 Å². The van der Waals surface area contributed by atoms with Gasteiger partial charge >= 0.3 is 5.97 Å². The van der Waals surface area contributed by atoms with Crippen molar-refractivity contribution in [2.45, 2.75) is 37.4 Å². The van der Waals surface area contributed by atoms with E-state index in [1.165, 1.54) is 0 Å². The van der Waals surface area contributed by atoms with E-state index in [9.17, 15) is 4.79 Å². The maximum atomic E-state index is 10.7. The lowest BCUT2D eigenvalue weighted by atomic mass is 9.81. The van der Waals surface area contributed by atoms with Crippen LogP contribution in [0.25, 0.3) is 0 Å². The van der Waals surface area contributed by atoms with Gasteiger partial charge in [0.2, 0.25) is 5.60 Å². The second-order valence-electron chi connectivity index (χ2n) is 3.11. The minimum atomic E-state index is -0.988. The average molecular weight is 158 g/mol. The zero-order chi connectivity index (χ0) is 7.90. The van der Waals surface area contributed by atoms with E-state index in [-0.39, 0.29) is 6.10 Å². The van der Waals surface area contributed by atoms with Crippen LogP contribution in [0, 0.1) is 0 Å². The number of hydrogen-bond donors (Lipinski definition) is 1. The first-order chi connectivity index (χ1) is 5.26. The molecule has 0 aromatic rings. The van der Waals surface area contributed by atoms with Crippen molar-refractivity contribution in [1.29, 1.82) is 0 Å². The predicted molar refractivity (Wildman–Crippen MR) is 34.8 cm³/mol. The first-order valence-corrected chi connectivity index (χ1v) is 3.83. The molecule has 2 fully saturated rings. The maximum absolute atomic E-state index is 10.7. The Hall–Kier alpha value is -0.610. The molecule has 0 radical (unpaired) electrons. The van der Waals surface area contributed by atoms with Gasteiger partial charge in [-0.2, -0.15) is 0 Å². The van der Waals surface area contributed by atoms with Gasteiger partial charge in [-0.3, -0.25) is 0 Å². The number of carbonyl (C=O) groups is 1. The molecule has 1 N–H and O–H groups in total. The van der Waals surface area contributed by atoms with Crippen molar-refractivity contribution in [3.8, 4) is 0 Å². The Morgan fingerprint density at radius 2 is 2.36 bits per heavy atom. The number of carboxylic acids is 1. The molecule has 0 spiro atoms. The Morgan fingerprint density at radius 3 is 2.73 bits per heavy atom. The van der Waals surface area contributed by atoms with Crippen LogP contribution in [0.4, 0.5) is 0 Å². The van der Waals surface area contributed by atoms with E-state index in [4.69, 9.17) is 9.99 Å². The Kier molecular flexibility index (Phi) is 1.40. The van der Waals surface area contributed by atoms with Crippen LogP contribution in [0.3, 0.4) is 0 Å². The van der Waals surface area contributed by atoms with Crippen LogP contribution in [0.5, 0.6) is 0 Å². The molecule has 62 valence electrons. The highest BCUT2D eigenvalue weighted by Crippen LogP contribution is 2.41. The normalized spacial score (nSPS) is 42.4. The maximum Gasteiger partial charge on any atom is 0.342 e. The lowest BCUT2D eigenvalue weighted by molar-refractivity contribution is -0.503. The van der Waals surface area contributed by atoms with E-state index in [2.05, 4.69) is 4.89 Å². The summed E-state index contributed by atoms with van der Waals surface area (Å²) in [5.74, 6) is -0.881. The van der Waals surface area contributed by atoms with Crippen molar-refractivity contribution < 1.29 is 19.7 Å². The molecule has 0 amide bonds. The van der Waals surface area contributed by atoms with Gasteiger partial charge in [0.05, 0.1) is 0 Å². The molecule has 2 atom stereocenters. The van der Waals surface area contributed by atoms with Crippen LogP contribution in [0.15, 0.2) is 0 Å². The summed E-state index contributed by atoms with van der Waals surface area (Å²) in [6.45, 7) is 0. The molecule has 1 heterocycles. The molecular weight excluding hydrogens is 148 g/mol. The van der Waals surface area contributed by atoms with Crippen molar-refractivity contribution in [1.82, 2.24) is 0 Å². The highest BCUT2D eigenvalue weighted by atomic mass is 17.3. The minimum absolute atomic E-state index is 0.200. The van der Waals surface area contributed by atoms with Gasteiger partial charge in [0, 0.05) is 0 Å². The quantitative estimate of drug-likeness (QED) is 0.571. The van der Waals surface area contributed by atoms with E-state index < -0.39 is 11.6 Å². The standard InChI is InChI=1S/C7H10O4/c8-6(9)7-4-2-1-3-5(7)10-11-7/h5H,1-4H2,(H,8,9). The monoisotopic (exact) mass is 158 g/mol. The van der Waals surface area contributed by atoms with Crippen molar-refractivity contribution in [2.24, 2.45) is 0 Å². The summed E-state index contributed by atoms with van der Waals surface area (Å²) >= 11 is 0. The van der Waals surface area contributed by atoms with Gasteiger partial charge in [-0.15, -0.1) is 0 Å². The van der Waals surface area contributed by atoms with E-state index in [0.29, 0.717) is 6.42 Å². The zero-order valence-electron chi connectivity index (χ0n) is 6.08. The molecule has 1 aliphatic heterocycles. The van der Waals surface area contributed by atoms with E-state index in [1.807, 2.05) is 0 Å². The molecule has 0 bridgehead atoms. The molecule has 0 aromatic heterocycles. The third-order valence-electron chi connectivity index (χ3n) is 2.46. The number of fused-ring (bicyclic) bond motifs is 1. The van der Waals surface area contributed by atoms with E-state index in [0.717, 1.165) is 19.3 Å². The van der Waals surface area contributed by atoms with Crippen LogP contribution in [-0.2, 0) is 14.6 Å². The van der Waals surface area contributed by atoms with Gasteiger partial charge in [0.1, 0.15) is 6.10 Å². The number of carboxylic acid groups (broad SMARTS) is 1. The smallest absolute Gasteiger partial charge is 0.342 e. The van der Waals surface area contributed by atoms with Gasteiger partial charge in [-0.1, -0.05) is 6.42 Å². The topological polar surface area (TPSA) is 55.8 Å². The highest BCUT2D eigenvalue weighted by Gasteiger charge is 2.58. The highest BCUT2D eigenvalue weighted by molar-refractivity contribution is 5.79. The fourth-order valence-electron chi connectivity index (χ4n) is 1.71. The molecule has 2 unspecified atom stereocenters. The number of rotatable bonds is 1. The molecule has 1 saturated carbocycles. The molecular formula is C7H10O4. The zero-order valence-corrected chi connectivity index (χ0v) is 6.08. The molecule has 0 aromatic carbocycles. The summed E-state index contributed by atoms with van der Waals surface area (Å²) < 4.78 is 0. The molecule has 1 saturated heterocycles. The summed E-state index contributed by atoms with van der Waals surface area (Å²) in [7, 11) is 0. The second kappa shape index (κ2) is 2.19. The van der Waals surface area contributed by atoms with Crippen LogP contribution >= 0.6 is 0 Å². The molecule has 1 aliphatic carbocycles. The third kappa shape index (κ3) is 0.795. The van der Waals surface area contributed by atoms with E-state index in [1.54, 1.807) is 0 Å². The van der Waals surface area contributed by atoms with Gasteiger partial charge < -0.3 is 5.11 Å². The lowest BCUT2D eigenvalue weighted by Gasteiger charge is -2.46. The SMILES string of the molecule is O=C(O)C12CCCCC1OO2. The molecule has 4 heteroatoms. The number of aliphatic carboxylic acids is 1. The minimum Gasteiger partial charge on any atom is -0.479 e. The summed E-state index contributed by atoms with van der Waals surface area (Å²) in [5, 5.41) is 8.81. The second-order valence-corrected chi connectivity index (χ2v) is 3.11. The molecule has 11 heavy (non-hydrogen) atoms. The van der Waals surface area contributed by atoms with Crippen LogP contribution in [-0.4, -0.2) is 22.8 Å². The van der Waals surface area contributed by atoms with Crippen molar-refractivity contribution >= 4 is 5.97 Å². The average Bonchev–Trinajstić information content (AvgIpc) is 1.91. The number of hydrogen-bond acceptors (Lipinski definition) is 3. The summed E-state index contributed by atoms with van der Waals surface area (Å²) in [4.78, 5) is 20.1.